The van der Waals surface area contributed by atoms with Gasteiger partial charge >= 0.3 is 0 Å². The molecule has 2 aromatic carbocycles. The normalized spacial score (nSPS) is 14.2. The molecule has 0 atom stereocenters. The molecule has 6 nitrogen and oxygen atoms in total. The van der Waals surface area contributed by atoms with Gasteiger partial charge in [0.25, 0.3) is 11.6 Å². The molecule has 0 aliphatic carbocycles. The summed E-state index contributed by atoms with van der Waals surface area (Å²) in [6, 6.07) is 9.29. The van der Waals surface area contributed by atoms with E-state index in [0.717, 1.165) is 31.6 Å². The Morgan fingerprint density at radius 3 is 2.50 bits per heavy atom. The van der Waals surface area contributed by atoms with E-state index in [2.05, 4.69) is 10.2 Å². The highest BCUT2D eigenvalue weighted by Gasteiger charge is 2.21. The van der Waals surface area contributed by atoms with Gasteiger partial charge < -0.3 is 10.2 Å². The van der Waals surface area contributed by atoms with Crippen LogP contribution in [0.2, 0.25) is 10.0 Å². The minimum atomic E-state index is -0.613. The molecule has 3 rings (SSSR count). The number of nitro benzene ring substituents is 1. The fourth-order valence-corrected chi connectivity index (χ4v) is 3.52. The largest absolute Gasteiger partial charge is 0.369 e. The van der Waals surface area contributed by atoms with E-state index in [1.54, 1.807) is 18.2 Å². The molecule has 1 aliphatic rings. The third-order valence-corrected chi connectivity index (χ3v) is 4.94. The Morgan fingerprint density at radius 1 is 1.08 bits per heavy atom. The molecule has 0 radical (unpaired) electrons. The van der Waals surface area contributed by atoms with Crippen LogP contribution in [0.1, 0.15) is 29.6 Å². The number of hydrogen-bond donors (Lipinski definition) is 1. The second-order valence-electron chi connectivity index (χ2n) is 6.06. The Bertz CT molecular complexity index is 852. The molecule has 8 heteroatoms. The van der Waals surface area contributed by atoms with E-state index in [-0.39, 0.29) is 16.3 Å². The molecule has 1 amide bonds. The average molecular weight is 394 g/mol. The Labute approximate surface area is 160 Å². The maximum atomic E-state index is 12.6. The molecule has 1 aliphatic heterocycles. The number of rotatable bonds is 4. The van der Waals surface area contributed by atoms with E-state index >= 15 is 0 Å². The van der Waals surface area contributed by atoms with Crippen molar-refractivity contribution in [1.82, 2.24) is 0 Å². The molecular formula is C18H17Cl2N3O3. The molecule has 0 bridgehead atoms. The first kappa shape index (κ1) is 18.5. The summed E-state index contributed by atoms with van der Waals surface area (Å²) in [5.41, 5.74) is 1.22. The number of para-hydroxylation sites is 1. The van der Waals surface area contributed by atoms with E-state index in [1.165, 1.54) is 24.6 Å². The number of hydrogen-bond acceptors (Lipinski definition) is 4. The van der Waals surface area contributed by atoms with Crippen molar-refractivity contribution in [3.05, 3.63) is 62.1 Å². The van der Waals surface area contributed by atoms with Gasteiger partial charge in [-0.15, -0.1) is 0 Å². The molecule has 0 unspecified atom stereocenters. The van der Waals surface area contributed by atoms with Gasteiger partial charge in [0.05, 0.1) is 21.3 Å². The lowest BCUT2D eigenvalue weighted by Gasteiger charge is -2.31. The molecule has 1 N–H and O–H groups in total. The standard InChI is InChI=1S/C18H17Cl2N3O3/c19-13-8-7-12(11-16(13)23(25)26)18(24)21-15-6-4-5-14(20)17(15)22-9-2-1-3-10-22/h4-8,11H,1-3,9-10H2,(H,21,24). The first-order valence-electron chi connectivity index (χ1n) is 8.26. The second-order valence-corrected chi connectivity index (χ2v) is 6.88. The van der Waals surface area contributed by atoms with Crippen molar-refractivity contribution in [2.24, 2.45) is 0 Å². The van der Waals surface area contributed by atoms with Crippen LogP contribution < -0.4 is 10.2 Å². The predicted molar refractivity (Wildman–Crippen MR) is 104 cm³/mol. The summed E-state index contributed by atoms with van der Waals surface area (Å²) < 4.78 is 0. The maximum Gasteiger partial charge on any atom is 0.288 e. The minimum absolute atomic E-state index is 0.0108. The van der Waals surface area contributed by atoms with Crippen LogP contribution in [0, 0.1) is 10.1 Å². The van der Waals surface area contributed by atoms with Gasteiger partial charge in [0, 0.05) is 24.7 Å². The second kappa shape index (κ2) is 7.93. The monoisotopic (exact) mass is 393 g/mol. The van der Waals surface area contributed by atoms with Gasteiger partial charge in [0.2, 0.25) is 0 Å². The van der Waals surface area contributed by atoms with Gasteiger partial charge in [0.1, 0.15) is 5.02 Å². The summed E-state index contributed by atoms with van der Waals surface area (Å²) in [6.45, 7) is 1.75. The summed E-state index contributed by atoms with van der Waals surface area (Å²) in [5, 5.41) is 14.4. The highest BCUT2D eigenvalue weighted by atomic mass is 35.5. The summed E-state index contributed by atoms with van der Waals surface area (Å²) in [4.78, 5) is 25.2. The number of halogens is 2. The van der Waals surface area contributed by atoms with Crippen molar-refractivity contribution in [1.29, 1.82) is 0 Å². The van der Waals surface area contributed by atoms with Crippen molar-refractivity contribution >= 4 is 46.2 Å². The van der Waals surface area contributed by atoms with Crippen LogP contribution in [0.15, 0.2) is 36.4 Å². The van der Waals surface area contributed by atoms with Crippen LogP contribution in [0.5, 0.6) is 0 Å². The number of carbonyl (C=O) groups excluding carboxylic acids is 1. The number of nitrogens with zero attached hydrogens (tertiary/aromatic N) is 2. The van der Waals surface area contributed by atoms with Crippen molar-refractivity contribution < 1.29 is 9.72 Å². The molecule has 1 heterocycles. The zero-order valence-corrected chi connectivity index (χ0v) is 15.4. The molecule has 2 aromatic rings. The molecule has 0 spiro atoms. The van der Waals surface area contributed by atoms with E-state index in [4.69, 9.17) is 23.2 Å². The number of anilines is 2. The first-order chi connectivity index (χ1) is 12.5. The van der Waals surface area contributed by atoms with E-state index in [1.807, 2.05) is 0 Å². The summed E-state index contributed by atoms with van der Waals surface area (Å²) in [7, 11) is 0. The first-order valence-corrected chi connectivity index (χ1v) is 9.01. The lowest BCUT2D eigenvalue weighted by atomic mass is 10.1. The highest BCUT2D eigenvalue weighted by Crippen LogP contribution is 2.36. The molecule has 0 aromatic heterocycles. The topological polar surface area (TPSA) is 75.5 Å². The molecular weight excluding hydrogens is 377 g/mol. The molecule has 0 saturated carbocycles. The SMILES string of the molecule is O=C(Nc1cccc(Cl)c1N1CCCCC1)c1ccc(Cl)c([N+](=O)[O-])c1. The van der Waals surface area contributed by atoms with Crippen molar-refractivity contribution in [2.45, 2.75) is 19.3 Å². The summed E-state index contributed by atoms with van der Waals surface area (Å²) >= 11 is 12.2. The van der Waals surface area contributed by atoms with Crippen molar-refractivity contribution in [3.63, 3.8) is 0 Å². The van der Waals surface area contributed by atoms with Crippen LogP contribution in [0.3, 0.4) is 0 Å². The Morgan fingerprint density at radius 2 is 1.81 bits per heavy atom. The van der Waals surface area contributed by atoms with Crippen LogP contribution >= 0.6 is 23.2 Å². The number of carbonyl (C=O) groups is 1. The molecule has 26 heavy (non-hydrogen) atoms. The third-order valence-electron chi connectivity index (χ3n) is 4.31. The predicted octanol–water partition coefficient (Wildman–Crippen LogP) is 5.14. The third kappa shape index (κ3) is 3.92. The van der Waals surface area contributed by atoms with E-state index in [0.29, 0.717) is 10.7 Å². The lowest BCUT2D eigenvalue weighted by Crippen LogP contribution is -2.30. The Hall–Kier alpha value is -2.31. The number of nitrogens with one attached hydrogen (secondary N) is 1. The van der Waals surface area contributed by atoms with Gasteiger partial charge in [0.15, 0.2) is 0 Å². The average Bonchev–Trinajstić information content (AvgIpc) is 2.62. The fourth-order valence-electron chi connectivity index (χ4n) is 3.04. The Balaban J connectivity index is 1.89. The van der Waals surface area contributed by atoms with Gasteiger partial charge in [-0.2, -0.15) is 0 Å². The number of amides is 1. The molecule has 1 saturated heterocycles. The van der Waals surface area contributed by atoms with E-state index < -0.39 is 10.8 Å². The molecule has 1 fully saturated rings. The Kier molecular flexibility index (Phi) is 5.64. The summed E-state index contributed by atoms with van der Waals surface area (Å²) in [6.07, 6.45) is 3.32. The minimum Gasteiger partial charge on any atom is -0.369 e. The van der Waals surface area contributed by atoms with Crippen LogP contribution in [-0.4, -0.2) is 23.9 Å². The molecule has 136 valence electrons. The fraction of sp³-hybridized carbons (Fsp3) is 0.278. The van der Waals surface area contributed by atoms with Gasteiger partial charge in [-0.25, -0.2) is 0 Å². The smallest absolute Gasteiger partial charge is 0.288 e. The van der Waals surface area contributed by atoms with Crippen LogP contribution in [0.4, 0.5) is 17.1 Å². The highest BCUT2D eigenvalue weighted by molar-refractivity contribution is 6.34. The zero-order valence-electron chi connectivity index (χ0n) is 13.9. The summed E-state index contributed by atoms with van der Waals surface area (Å²) in [5.74, 6) is -0.453. The van der Waals surface area contributed by atoms with Crippen molar-refractivity contribution in [2.75, 3.05) is 23.3 Å². The number of benzene rings is 2. The zero-order chi connectivity index (χ0) is 18.7. The van der Waals surface area contributed by atoms with Crippen LogP contribution in [-0.2, 0) is 0 Å². The quantitative estimate of drug-likeness (QED) is 0.575. The van der Waals surface area contributed by atoms with Crippen LogP contribution in [0.25, 0.3) is 0 Å². The van der Waals surface area contributed by atoms with Gasteiger partial charge in [-0.3, -0.25) is 14.9 Å². The lowest BCUT2D eigenvalue weighted by molar-refractivity contribution is -0.384. The van der Waals surface area contributed by atoms with Gasteiger partial charge in [-0.1, -0.05) is 29.3 Å². The van der Waals surface area contributed by atoms with Gasteiger partial charge in [-0.05, 0) is 43.5 Å². The number of nitro groups is 1. The number of piperidine rings is 1. The maximum absolute atomic E-state index is 12.6. The van der Waals surface area contributed by atoms with E-state index in [9.17, 15) is 14.9 Å². The van der Waals surface area contributed by atoms with Crippen molar-refractivity contribution in [3.8, 4) is 0 Å².